The number of anilines is 1. The summed E-state index contributed by atoms with van der Waals surface area (Å²) in [5, 5.41) is 9.76. The third kappa shape index (κ3) is 3.67. The van der Waals surface area contributed by atoms with E-state index >= 15 is 0 Å². The summed E-state index contributed by atoms with van der Waals surface area (Å²) in [7, 11) is 4.68. The largest absolute Gasteiger partial charge is 0.496 e. The maximum atomic E-state index is 9.76. The van der Waals surface area contributed by atoms with E-state index in [4.69, 9.17) is 19.9 Å². The first-order valence-electron chi connectivity index (χ1n) is 9.02. The van der Waals surface area contributed by atoms with Crippen molar-refractivity contribution in [2.75, 3.05) is 27.1 Å². The van der Waals surface area contributed by atoms with Crippen LogP contribution in [0.1, 0.15) is 16.7 Å². The summed E-state index contributed by atoms with van der Waals surface area (Å²) in [6, 6.07) is 13.6. The first-order valence-corrected chi connectivity index (χ1v) is 9.02. The molecule has 0 aliphatic carbocycles. The van der Waals surface area contributed by atoms with Crippen molar-refractivity contribution >= 4 is 5.82 Å². The fourth-order valence-corrected chi connectivity index (χ4v) is 3.39. The molecule has 1 aromatic heterocycles. The molecule has 3 aromatic rings. The van der Waals surface area contributed by atoms with E-state index in [1.165, 1.54) is 0 Å². The molecule has 0 unspecified atom stereocenters. The van der Waals surface area contributed by atoms with Gasteiger partial charge in [-0.15, -0.1) is 0 Å². The van der Waals surface area contributed by atoms with E-state index in [1.54, 1.807) is 33.5 Å². The Balaban J connectivity index is 2.36. The normalized spacial score (nSPS) is 10.3. The number of aryl methyl sites for hydroxylation is 2. The lowest BCUT2D eigenvalue weighted by Gasteiger charge is -2.18. The molecule has 3 rings (SSSR count). The number of hydrogen-bond acceptors (Lipinski definition) is 6. The van der Waals surface area contributed by atoms with Gasteiger partial charge in [-0.2, -0.15) is 5.26 Å². The maximum absolute atomic E-state index is 9.76. The fraction of sp³-hybridized carbons (Fsp3) is 0.217. The highest BCUT2D eigenvalue weighted by Gasteiger charge is 2.22. The second-order valence-corrected chi connectivity index (χ2v) is 6.65. The lowest BCUT2D eigenvalue weighted by atomic mass is 9.95. The standard InChI is InChI=1S/C23H23N3O3/c1-13-6-7-16(14(2)8-13)19-11-17(18(12-24)23(25)26-19)22-20(28-4)9-15(27-3)10-21(22)29-5/h6-11H,1-5H3,(H2,25,26). The van der Waals surface area contributed by atoms with Crippen LogP contribution in [0.15, 0.2) is 36.4 Å². The van der Waals surface area contributed by atoms with Crippen LogP contribution < -0.4 is 19.9 Å². The van der Waals surface area contributed by atoms with Crippen LogP contribution in [0.4, 0.5) is 5.82 Å². The van der Waals surface area contributed by atoms with Gasteiger partial charge in [0.1, 0.15) is 34.7 Å². The van der Waals surface area contributed by atoms with Gasteiger partial charge in [0.2, 0.25) is 0 Å². The Labute approximate surface area is 170 Å². The number of nitriles is 1. The summed E-state index contributed by atoms with van der Waals surface area (Å²) in [5.41, 5.74) is 11.5. The van der Waals surface area contributed by atoms with E-state index in [0.29, 0.717) is 34.1 Å². The average Bonchev–Trinajstić information content (AvgIpc) is 2.72. The fourth-order valence-electron chi connectivity index (χ4n) is 3.39. The van der Waals surface area contributed by atoms with E-state index in [2.05, 4.69) is 17.1 Å². The molecular weight excluding hydrogens is 366 g/mol. The van der Waals surface area contributed by atoms with Gasteiger partial charge in [-0.3, -0.25) is 0 Å². The van der Waals surface area contributed by atoms with Gasteiger partial charge in [-0.05, 0) is 25.5 Å². The van der Waals surface area contributed by atoms with Crippen LogP contribution in [0.2, 0.25) is 0 Å². The molecule has 148 valence electrons. The Morgan fingerprint density at radius 3 is 2.07 bits per heavy atom. The number of nitrogen functional groups attached to an aromatic ring is 1. The van der Waals surface area contributed by atoms with Crippen LogP contribution in [-0.2, 0) is 0 Å². The van der Waals surface area contributed by atoms with Gasteiger partial charge in [0.05, 0.1) is 32.6 Å². The number of nitrogens with zero attached hydrogens (tertiary/aromatic N) is 2. The topological polar surface area (TPSA) is 90.4 Å². The molecule has 0 saturated heterocycles. The minimum absolute atomic E-state index is 0.153. The Kier molecular flexibility index (Phi) is 5.60. The van der Waals surface area contributed by atoms with Crippen molar-refractivity contribution in [2.24, 2.45) is 0 Å². The van der Waals surface area contributed by atoms with E-state index in [-0.39, 0.29) is 11.4 Å². The molecule has 0 bridgehead atoms. The number of nitrogens with two attached hydrogens (primary N) is 1. The molecular formula is C23H23N3O3. The monoisotopic (exact) mass is 389 g/mol. The average molecular weight is 389 g/mol. The van der Waals surface area contributed by atoms with Gasteiger partial charge in [0, 0.05) is 23.3 Å². The zero-order valence-corrected chi connectivity index (χ0v) is 17.2. The maximum Gasteiger partial charge on any atom is 0.142 e. The molecule has 0 aliphatic rings. The van der Waals surface area contributed by atoms with E-state index in [9.17, 15) is 5.26 Å². The summed E-state index contributed by atoms with van der Waals surface area (Å²) < 4.78 is 16.5. The number of methoxy groups -OCH3 is 3. The van der Waals surface area contributed by atoms with Gasteiger partial charge >= 0.3 is 0 Å². The Morgan fingerprint density at radius 1 is 0.897 bits per heavy atom. The van der Waals surface area contributed by atoms with E-state index in [1.807, 2.05) is 32.0 Å². The molecule has 6 nitrogen and oxygen atoms in total. The predicted octanol–water partition coefficient (Wildman–Crippen LogP) is 4.51. The molecule has 2 N–H and O–H groups in total. The van der Waals surface area contributed by atoms with Crippen LogP contribution in [0, 0.1) is 25.2 Å². The highest BCUT2D eigenvalue weighted by Crippen LogP contribution is 2.44. The van der Waals surface area contributed by atoms with E-state index < -0.39 is 0 Å². The van der Waals surface area contributed by atoms with Gasteiger partial charge < -0.3 is 19.9 Å². The van der Waals surface area contributed by atoms with Gasteiger partial charge in [-0.1, -0.05) is 23.8 Å². The lowest BCUT2D eigenvalue weighted by Crippen LogP contribution is -2.03. The van der Waals surface area contributed by atoms with Crippen molar-refractivity contribution in [2.45, 2.75) is 13.8 Å². The summed E-state index contributed by atoms with van der Waals surface area (Å²) >= 11 is 0. The molecule has 0 saturated carbocycles. The van der Waals surface area contributed by atoms with Crippen LogP contribution in [0.5, 0.6) is 17.2 Å². The van der Waals surface area contributed by atoms with Crippen molar-refractivity contribution < 1.29 is 14.2 Å². The summed E-state index contributed by atoms with van der Waals surface area (Å²) in [6.07, 6.45) is 0. The summed E-state index contributed by atoms with van der Waals surface area (Å²) in [4.78, 5) is 4.48. The minimum Gasteiger partial charge on any atom is -0.496 e. The van der Waals surface area contributed by atoms with Crippen LogP contribution in [0.25, 0.3) is 22.4 Å². The highest BCUT2D eigenvalue weighted by molar-refractivity contribution is 5.87. The molecule has 1 heterocycles. The minimum atomic E-state index is 0.153. The number of hydrogen-bond donors (Lipinski definition) is 1. The molecule has 29 heavy (non-hydrogen) atoms. The van der Waals surface area contributed by atoms with Crippen molar-refractivity contribution in [3.63, 3.8) is 0 Å². The van der Waals surface area contributed by atoms with Crippen molar-refractivity contribution in [3.05, 3.63) is 53.1 Å². The molecule has 0 spiro atoms. The first kappa shape index (κ1) is 20.0. The first-order chi connectivity index (χ1) is 13.9. The zero-order chi connectivity index (χ0) is 21.1. The Morgan fingerprint density at radius 2 is 1.55 bits per heavy atom. The van der Waals surface area contributed by atoms with Gasteiger partial charge in [0.15, 0.2) is 0 Å². The smallest absolute Gasteiger partial charge is 0.142 e. The highest BCUT2D eigenvalue weighted by atomic mass is 16.5. The quantitative estimate of drug-likeness (QED) is 0.690. The number of pyridine rings is 1. The molecule has 0 atom stereocenters. The van der Waals surface area contributed by atoms with Crippen molar-refractivity contribution in [1.82, 2.24) is 4.98 Å². The lowest BCUT2D eigenvalue weighted by molar-refractivity contribution is 0.377. The van der Waals surface area contributed by atoms with Gasteiger partial charge in [0.25, 0.3) is 0 Å². The third-order valence-corrected chi connectivity index (χ3v) is 4.80. The van der Waals surface area contributed by atoms with Crippen molar-refractivity contribution in [1.29, 1.82) is 5.26 Å². The van der Waals surface area contributed by atoms with Crippen molar-refractivity contribution in [3.8, 4) is 45.7 Å². The predicted molar refractivity (Wildman–Crippen MR) is 113 cm³/mol. The molecule has 0 fully saturated rings. The third-order valence-electron chi connectivity index (χ3n) is 4.80. The SMILES string of the molecule is COc1cc(OC)c(-c2cc(-c3ccc(C)cc3C)nc(N)c2C#N)c(OC)c1. The Bertz CT molecular complexity index is 1090. The number of ether oxygens (including phenoxy) is 3. The number of rotatable bonds is 5. The van der Waals surface area contributed by atoms with Gasteiger partial charge in [-0.25, -0.2) is 4.98 Å². The number of aromatic nitrogens is 1. The summed E-state index contributed by atoms with van der Waals surface area (Å²) in [6.45, 7) is 4.06. The van der Waals surface area contributed by atoms with Crippen LogP contribution in [-0.4, -0.2) is 26.3 Å². The second kappa shape index (κ2) is 8.11. The molecule has 6 heteroatoms. The second-order valence-electron chi connectivity index (χ2n) is 6.65. The molecule has 2 aromatic carbocycles. The molecule has 0 radical (unpaired) electrons. The summed E-state index contributed by atoms with van der Waals surface area (Å²) in [5.74, 6) is 1.75. The van der Waals surface area contributed by atoms with Crippen LogP contribution >= 0.6 is 0 Å². The molecule has 0 amide bonds. The Hall–Kier alpha value is -3.72. The number of benzene rings is 2. The van der Waals surface area contributed by atoms with E-state index in [0.717, 1.165) is 16.7 Å². The molecule has 0 aliphatic heterocycles. The zero-order valence-electron chi connectivity index (χ0n) is 17.2. The van der Waals surface area contributed by atoms with Crippen LogP contribution in [0.3, 0.4) is 0 Å².